The summed E-state index contributed by atoms with van der Waals surface area (Å²) in [4.78, 5) is 33.3. The molecule has 140 valence electrons. The van der Waals surface area contributed by atoms with Crippen molar-refractivity contribution in [3.05, 3.63) is 59.9 Å². The van der Waals surface area contributed by atoms with Crippen LogP contribution in [0.5, 0.6) is 0 Å². The highest BCUT2D eigenvalue weighted by atomic mass is 16.5. The van der Waals surface area contributed by atoms with Crippen LogP contribution in [0.15, 0.2) is 48.7 Å². The lowest BCUT2D eigenvalue weighted by molar-refractivity contribution is -0.144. The van der Waals surface area contributed by atoms with Gasteiger partial charge in [0.1, 0.15) is 12.2 Å². The van der Waals surface area contributed by atoms with Crippen molar-refractivity contribution in [2.75, 3.05) is 31.1 Å². The number of morpholine rings is 1. The van der Waals surface area contributed by atoms with Crippen LogP contribution in [0.4, 0.5) is 5.69 Å². The fourth-order valence-corrected chi connectivity index (χ4v) is 3.96. The van der Waals surface area contributed by atoms with E-state index in [0.717, 1.165) is 24.2 Å². The fraction of sp³-hybridized carbons (Fsp3) is 0.381. The van der Waals surface area contributed by atoms with Crippen molar-refractivity contribution in [1.29, 1.82) is 0 Å². The van der Waals surface area contributed by atoms with E-state index in [0.29, 0.717) is 25.2 Å². The van der Waals surface area contributed by atoms with Gasteiger partial charge in [0.05, 0.1) is 18.7 Å². The first kappa shape index (κ1) is 17.7. The lowest BCUT2D eigenvalue weighted by atomic mass is 9.90. The standard InChI is InChI=1S/C21H23N3O3/c1-16-18(9-5-11-22-16)20(26)23-12-6-10-21(14-23)15-24(19(25)13-27-21)17-7-3-2-4-8-17/h2-5,7-9,11H,6,10,12-15H2,1H3. The number of amides is 2. The summed E-state index contributed by atoms with van der Waals surface area (Å²) in [5.74, 6) is -0.0650. The molecule has 3 heterocycles. The molecule has 2 fully saturated rings. The van der Waals surface area contributed by atoms with Crippen LogP contribution in [0.1, 0.15) is 28.9 Å². The van der Waals surface area contributed by atoms with E-state index in [9.17, 15) is 9.59 Å². The minimum absolute atomic E-state index is 0.0218. The molecule has 2 aromatic rings. The first-order valence-corrected chi connectivity index (χ1v) is 9.28. The van der Waals surface area contributed by atoms with Gasteiger partial charge in [-0.2, -0.15) is 0 Å². The summed E-state index contributed by atoms with van der Waals surface area (Å²) in [6.45, 7) is 3.53. The van der Waals surface area contributed by atoms with Gasteiger partial charge in [0.15, 0.2) is 0 Å². The molecule has 0 N–H and O–H groups in total. The number of anilines is 1. The minimum Gasteiger partial charge on any atom is -0.361 e. The van der Waals surface area contributed by atoms with Crippen LogP contribution in [-0.4, -0.2) is 53.5 Å². The predicted octanol–water partition coefficient (Wildman–Crippen LogP) is 2.43. The van der Waals surface area contributed by atoms with E-state index in [1.807, 2.05) is 48.2 Å². The molecule has 1 aromatic heterocycles. The summed E-state index contributed by atoms with van der Waals surface area (Å²) < 4.78 is 6.02. The molecule has 2 aliphatic heterocycles. The Bertz CT molecular complexity index is 855. The molecular formula is C21H23N3O3. The van der Waals surface area contributed by atoms with E-state index in [1.165, 1.54) is 0 Å². The van der Waals surface area contributed by atoms with Crippen LogP contribution in [0.3, 0.4) is 0 Å². The maximum Gasteiger partial charge on any atom is 0.255 e. The van der Waals surface area contributed by atoms with Crippen molar-refractivity contribution in [3.8, 4) is 0 Å². The van der Waals surface area contributed by atoms with Crippen LogP contribution in [0, 0.1) is 6.92 Å². The molecule has 0 radical (unpaired) electrons. The third kappa shape index (κ3) is 3.45. The zero-order valence-corrected chi connectivity index (χ0v) is 15.4. The number of pyridine rings is 1. The zero-order chi connectivity index (χ0) is 18.9. The first-order valence-electron chi connectivity index (χ1n) is 9.28. The number of likely N-dealkylation sites (tertiary alicyclic amines) is 1. The highest BCUT2D eigenvalue weighted by Crippen LogP contribution is 2.32. The summed E-state index contributed by atoms with van der Waals surface area (Å²) in [5, 5.41) is 0. The number of carbonyl (C=O) groups excluding carboxylic acids is 2. The number of hydrogen-bond donors (Lipinski definition) is 0. The Morgan fingerprint density at radius 2 is 1.96 bits per heavy atom. The summed E-state index contributed by atoms with van der Waals surface area (Å²) in [6.07, 6.45) is 3.37. The Morgan fingerprint density at radius 3 is 2.74 bits per heavy atom. The van der Waals surface area contributed by atoms with E-state index in [-0.39, 0.29) is 18.4 Å². The van der Waals surface area contributed by atoms with Gasteiger partial charge in [0, 0.05) is 24.1 Å². The zero-order valence-electron chi connectivity index (χ0n) is 15.4. The number of aryl methyl sites for hydroxylation is 1. The maximum absolute atomic E-state index is 13.0. The van der Waals surface area contributed by atoms with Crippen LogP contribution in [0.25, 0.3) is 0 Å². The number of carbonyl (C=O) groups is 2. The van der Waals surface area contributed by atoms with Crippen molar-refractivity contribution < 1.29 is 14.3 Å². The number of para-hydroxylation sites is 1. The molecule has 0 bridgehead atoms. The summed E-state index contributed by atoms with van der Waals surface area (Å²) in [5.41, 5.74) is 1.71. The number of benzene rings is 1. The van der Waals surface area contributed by atoms with E-state index in [2.05, 4.69) is 4.98 Å². The number of rotatable bonds is 2. The molecule has 1 atom stereocenters. The molecular weight excluding hydrogens is 342 g/mol. The van der Waals surface area contributed by atoms with Gasteiger partial charge in [-0.3, -0.25) is 14.6 Å². The molecule has 27 heavy (non-hydrogen) atoms. The first-order chi connectivity index (χ1) is 13.1. The number of hydrogen-bond acceptors (Lipinski definition) is 4. The lowest BCUT2D eigenvalue weighted by Crippen LogP contribution is -2.62. The summed E-state index contributed by atoms with van der Waals surface area (Å²) >= 11 is 0. The molecule has 6 heteroatoms. The minimum atomic E-state index is -0.520. The van der Waals surface area contributed by atoms with E-state index in [1.54, 1.807) is 17.2 Å². The van der Waals surface area contributed by atoms with Crippen LogP contribution in [-0.2, 0) is 9.53 Å². The van der Waals surface area contributed by atoms with Gasteiger partial charge in [0.2, 0.25) is 0 Å². The molecule has 4 rings (SSSR count). The second-order valence-corrected chi connectivity index (χ2v) is 7.25. The predicted molar refractivity (Wildman–Crippen MR) is 102 cm³/mol. The van der Waals surface area contributed by atoms with Crippen molar-refractivity contribution in [2.45, 2.75) is 25.4 Å². The Balaban J connectivity index is 1.56. The van der Waals surface area contributed by atoms with Crippen molar-refractivity contribution in [1.82, 2.24) is 9.88 Å². The molecule has 1 spiro atoms. The van der Waals surface area contributed by atoms with Gasteiger partial charge in [0.25, 0.3) is 11.8 Å². The number of piperidine rings is 1. The van der Waals surface area contributed by atoms with E-state index in [4.69, 9.17) is 4.74 Å². The number of aromatic nitrogens is 1. The second-order valence-electron chi connectivity index (χ2n) is 7.25. The Morgan fingerprint density at radius 1 is 1.15 bits per heavy atom. The van der Waals surface area contributed by atoms with Crippen LogP contribution in [0.2, 0.25) is 0 Å². The van der Waals surface area contributed by atoms with Gasteiger partial charge in [-0.1, -0.05) is 18.2 Å². The lowest BCUT2D eigenvalue weighted by Gasteiger charge is -2.47. The van der Waals surface area contributed by atoms with Crippen molar-refractivity contribution in [3.63, 3.8) is 0 Å². The van der Waals surface area contributed by atoms with Gasteiger partial charge >= 0.3 is 0 Å². The van der Waals surface area contributed by atoms with Crippen LogP contribution >= 0.6 is 0 Å². The molecule has 0 aliphatic carbocycles. The fourth-order valence-electron chi connectivity index (χ4n) is 3.96. The van der Waals surface area contributed by atoms with E-state index >= 15 is 0 Å². The van der Waals surface area contributed by atoms with Crippen molar-refractivity contribution >= 4 is 17.5 Å². The average Bonchev–Trinajstić information content (AvgIpc) is 2.71. The number of ether oxygens (including phenoxy) is 1. The molecule has 1 aromatic carbocycles. The van der Waals surface area contributed by atoms with Gasteiger partial charge < -0.3 is 14.5 Å². The quantitative estimate of drug-likeness (QED) is 0.820. The molecule has 2 saturated heterocycles. The maximum atomic E-state index is 13.0. The van der Waals surface area contributed by atoms with Gasteiger partial charge in [-0.25, -0.2) is 0 Å². The molecule has 0 saturated carbocycles. The normalized spacial score (nSPS) is 22.9. The molecule has 2 aliphatic rings. The highest BCUT2D eigenvalue weighted by molar-refractivity contribution is 5.96. The highest BCUT2D eigenvalue weighted by Gasteiger charge is 2.44. The molecule has 1 unspecified atom stereocenters. The van der Waals surface area contributed by atoms with Gasteiger partial charge in [-0.15, -0.1) is 0 Å². The summed E-state index contributed by atoms with van der Waals surface area (Å²) in [7, 11) is 0. The third-order valence-electron chi connectivity index (χ3n) is 5.38. The molecule has 6 nitrogen and oxygen atoms in total. The Hall–Kier alpha value is -2.73. The Kier molecular flexibility index (Phi) is 4.66. The van der Waals surface area contributed by atoms with Crippen molar-refractivity contribution in [2.24, 2.45) is 0 Å². The SMILES string of the molecule is Cc1ncccc1C(=O)N1CCCC2(C1)CN(c1ccccc1)C(=O)CO2. The van der Waals surface area contributed by atoms with Crippen LogP contribution < -0.4 is 4.90 Å². The third-order valence-corrected chi connectivity index (χ3v) is 5.38. The second kappa shape index (κ2) is 7.12. The monoisotopic (exact) mass is 365 g/mol. The Labute approximate surface area is 158 Å². The topological polar surface area (TPSA) is 62.7 Å². The van der Waals surface area contributed by atoms with E-state index < -0.39 is 5.60 Å². The smallest absolute Gasteiger partial charge is 0.255 e. The largest absolute Gasteiger partial charge is 0.361 e. The summed E-state index contributed by atoms with van der Waals surface area (Å²) in [6, 6.07) is 13.2. The van der Waals surface area contributed by atoms with Gasteiger partial charge in [-0.05, 0) is 44.0 Å². The number of nitrogens with zero attached hydrogens (tertiary/aromatic N) is 3. The average molecular weight is 365 g/mol. The molecule has 2 amide bonds.